The van der Waals surface area contributed by atoms with Crippen LogP contribution in [0.25, 0.3) is 0 Å². The van der Waals surface area contributed by atoms with Crippen LogP contribution in [-0.4, -0.2) is 32.3 Å². The summed E-state index contributed by atoms with van der Waals surface area (Å²) in [6.45, 7) is 0. The number of hydrogen-bond donors (Lipinski definition) is 5. The van der Waals surface area contributed by atoms with Gasteiger partial charge in [-0.1, -0.05) is 24.3 Å². The standard InChI is InChI=1S/C21H21N3O4/c25-15-7-5-14(6-8-15)22-18-2-1-3-19(23-18)24-20(28)21(10-11-21)13-4-9-16(26)17(27)12-13/h1-7,9,12,15,25-27H,8,10-11H2,(H2,22,23,24,28). The quantitative estimate of drug-likeness (QED) is 0.511. The first-order valence-corrected chi connectivity index (χ1v) is 9.11. The first kappa shape index (κ1) is 18.1. The lowest BCUT2D eigenvalue weighted by molar-refractivity contribution is -0.118. The van der Waals surface area contributed by atoms with Crippen LogP contribution in [0.1, 0.15) is 24.8 Å². The number of benzene rings is 1. The third-order valence-electron chi connectivity index (χ3n) is 5.05. The van der Waals surface area contributed by atoms with Crippen molar-refractivity contribution in [1.29, 1.82) is 0 Å². The van der Waals surface area contributed by atoms with Gasteiger partial charge in [0.15, 0.2) is 11.5 Å². The Morgan fingerprint density at radius 3 is 2.57 bits per heavy atom. The minimum atomic E-state index is -0.707. The number of aromatic hydroxyl groups is 2. The van der Waals surface area contributed by atoms with E-state index in [0.717, 1.165) is 5.70 Å². The topological polar surface area (TPSA) is 115 Å². The minimum absolute atomic E-state index is 0.192. The molecule has 1 atom stereocenters. The van der Waals surface area contributed by atoms with Crippen molar-refractivity contribution in [3.05, 3.63) is 65.9 Å². The van der Waals surface area contributed by atoms with Gasteiger partial charge in [0.2, 0.25) is 5.91 Å². The molecule has 1 fully saturated rings. The summed E-state index contributed by atoms with van der Waals surface area (Å²) in [6.07, 6.45) is 6.79. The fourth-order valence-corrected chi connectivity index (χ4v) is 3.25. The lowest BCUT2D eigenvalue weighted by Crippen LogP contribution is -2.28. The number of aliphatic hydroxyl groups is 1. The number of allylic oxidation sites excluding steroid dienone is 1. The summed E-state index contributed by atoms with van der Waals surface area (Å²) in [5.41, 5.74) is 0.797. The summed E-state index contributed by atoms with van der Waals surface area (Å²) in [6, 6.07) is 9.78. The summed E-state index contributed by atoms with van der Waals surface area (Å²) in [5.74, 6) is 0.364. The molecule has 1 aromatic carbocycles. The van der Waals surface area contributed by atoms with Gasteiger partial charge in [0.25, 0.3) is 0 Å². The zero-order valence-electron chi connectivity index (χ0n) is 15.1. The Labute approximate surface area is 162 Å². The van der Waals surface area contributed by atoms with Crippen LogP contribution in [0.4, 0.5) is 11.6 Å². The highest BCUT2D eigenvalue weighted by Gasteiger charge is 2.51. The Bertz CT molecular complexity index is 979. The lowest BCUT2D eigenvalue weighted by Gasteiger charge is -2.17. The number of nitrogens with one attached hydrogen (secondary N) is 2. The Kier molecular flexibility index (Phi) is 4.52. The monoisotopic (exact) mass is 379 g/mol. The number of rotatable bonds is 5. The van der Waals surface area contributed by atoms with E-state index in [0.29, 0.717) is 36.5 Å². The average Bonchev–Trinajstić information content (AvgIpc) is 3.48. The molecule has 0 spiro atoms. The molecule has 0 bridgehead atoms. The number of aliphatic hydroxyl groups excluding tert-OH is 1. The third kappa shape index (κ3) is 3.57. The van der Waals surface area contributed by atoms with E-state index >= 15 is 0 Å². The second-order valence-corrected chi connectivity index (χ2v) is 7.09. The maximum Gasteiger partial charge on any atom is 0.236 e. The molecular weight excluding hydrogens is 358 g/mol. The fourth-order valence-electron chi connectivity index (χ4n) is 3.25. The van der Waals surface area contributed by atoms with E-state index in [9.17, 15) is 20.1 Å². The summed E-state index contributed by atoms with van der Waals surface area (Å²) in [5, 5.41) is 34.7. The van der Waals surface area contributed by atoms with Crippen LogP contribution >= 0.6 is 0 Å². The van der Waals surface area contributed by atoms with E-state index in [1.165, 1.54) is 12.1 Å². The molecule has 7 nitrogen and oxygen atoms in total. The van der Waals surface area contributed by atoms with Crippen LogP contribution < -0.4 is 10.6 Å². The van der Waals surface area contributed by atoms with E-state index in [1.807, 2.05) is 6.08 Å². The molecule has 1 amide bonds. The highest BCUT2D eigenvalue weighted by atomic mass is 16.3. The predicted molar refractivity (Wildman–Crippen MR) is 105 cm³/mol. The number of carbonyl (C=O) groups is 1. The molecule has 28 heavy (non-hydrogen) atoms. The van der Waals surface area contributed by atoms with Crippen molar-refractivity contribution in [3.8, 4) is 11.5 Å². The van der Waals surface area contributed by atoms with Crippen LogP contribution in [0, 0.1) is 0 Å². The first-order valence-electron chi connectivity index (χ1n) is 9.11. The zero-order valence-corrected chi connectivity index (χ0v) is 15.1. The lowest BCUT2D eigenvalue weighted by atomic mass is 9.94. The fraction of sp³-hybridized carbons (Fsp3) is 0.238. The zero-order chi connectivity index (χ0) is 19.7. The van der Waals surface area contributed by atoms with Crippen LogP contribution in [0.2, 0.25) is 0 Å². The van der Waals surface area contributed by atoms with Crippen molar-refractivity contribution in [3.63, 3.8) is 0 Å². The Balaban J connectivity index is 1.48. The van der Waals surface area contributed by atoms with E-state index in [-0.39, 0.29) is 17.4 Å². The molecule has 5 N–H and O–H groups in total. The van der Waals surface area contributed by atoms with Crippen molar-refractivity contribution in [2.75, 3.05) is 10.6 Å². The van der Waals surface area contributed by atoms with E-state index in [1.54, 1.807) is 36.4 Å². The van der Waals surface area contributed by atoms with Crippen molar-refractivity contribution in [2.45, 2.75) is 30.8 Å². The highest BCUT2D eigenvalue weighted by molar-refractivity contribution is 6.01. The number of phenolic OH excluding ortho intramolecular Hbond substituents is 2. The van der Waals surface area contributed by atoms with Crippen molar-refractivity contribution in [2.24, 2.45) is 0 Å². The normalized spacial score (nSPS) is 19.6. The maximum atomic E-state index is 12.9. The number of anilines is 2. The molecule has 0 saturated heterocycles. The largest absolute Gasteiger partial charge is 0.504 e. The van der Waals surface area contributed by atoms with Gasteiger partial charge < -0.3 is 26.0 Å². The van der Waals surface area contributed by atoms with Crippen LogP contribution in [0.15, 0.2) is 60.3 Å². The molecule has 2 aliphatic rings. The Morgan fingerprint density at radius 1 is 1.11 bits per heavy atom. The van der Waals surface area contributed by atoms with Gasteiger partial charge in [-0.15, -0.1) is 0 Å². The number of nitrogens with zero attached hydrogens (tertiary/aromatic N) is 1. The number of aromatic nitrogens is 1. The maximum absolute atomic E-state index is 12.9. The number of pyridine rings is 1. The number of hydrogen-bond acceptors (Lipinski definition) is 6. The Hall–Kier alpha value is -3.32. The molecular formula is C21H21N3O4. The van der Waals surface area contributed by atoms with E-state index < -0.39 is 11.5 Å². The molecule has 7 heteroatoms. The Morgan fingerprint density at radius 2 is 1.89 bits per heavy atom. The molecule has 144 valence electrons. The first-order chi connectivity index (χ1) is 13.5. The van der Waals surface area contributed by atoms with Gasteiger partial charge in [-0.05, 0) is 55.2 Å². The number of amides is 1. The highest BCUT2D eigenvalue weighted by Crippen LogP contribution is 2.50. The van der Waals surface area contributed by atoms with Gasteiger partial charge in [0.05, 0.1) is 11.5 Å². The van der Waals surface area contributed by atoms with E-state index in [2.05, 4.69) is 15.6 Å². The molecule has 1 heterocycles. The molecule has 4 rings (SSSR count). The third-order valence-corrected chi connectivity index (χ3v) is 5.05. The smallest absolute Gasteiger partial charge is 0.236 e. The van der Waals surface area contributed by atoms with Gasteiger partial charge in [0.1, 0.15) is 11.6 Å². The second-order valence-electron chi connectivity index (χ2n) is 7.09. The van der Waals surface area contributed by atoms with Gasteiger partial charge in [-0.25, -0.2) is 4.98 Å². The second kappa shape index (κ2) is 7.01. The van der Waals surface area contributed by atoms with Crippen molar-refractivity contribution in [1.82, 2.24) is 4.98 Å². The molecule has 2 aliphatic carbocycles. The minimum Gasteiger partial charge on any atom is -0.504 e. The average molecular weight is 379 g/mol. The number of phenols is 2. The van der Waals surface area contributed by atoms with Crippen molar-refractivity contribution < 1.29 is 20.1 Å². The molecule has 1 unspecified atom stereocenters. The molecule has 0 radical (unpaired) electrons. The molecule has 1 aromatic heterocycles. The summed E-state index contributed by atoms with van der Waals surface area (Å²) < 4.78 is 0. The van der Waals surface area contributed by atoms with Gasteiger partial charge in [0, 0.05) is 5.70 Å². The van der Waals surface area contributed by atoms with Gasteiger partial charge in [-0.2, -0.15) is 0 Å². The molecule has 0 aliphatic heterocycles. The summed E-state index contributed by atoms with van der Waals surface area (Å²) >= 11 is 0. The summed E-state index contributed by atoms with van der Waals surface area (Å²) in [7, 11) is 0. The predicted octanol–water partition coefficient (Wildman–Crippen LogP) is 2.78. The molecule has 2 aromatic rings. The number of carbonyl (C=O) groups excluding carboxylic acids is 1. The van der Waals surface area contributed by atoms with Crippen molar-refractivity contribution >= 4 is 17.5 Å². The van der Waals surface area contributed by atoms with Crippen LogP contribution in [0.3, 0.4) is 0 Å². The molecule has 1 saturated carbocycles. The van der Waals surface area contributed by atoms with Crippen LogP contribution in [0.5, 0.6) is 11.5 Å². The van der Waals surface area contributed by atoms with Gasteiger partial charge in [-0.3, -0.25) is 4.79 Å². The van der Waals surface area contributed by atoms with Gasteiger partial charge >= 0.3 is 0 Å². The summed E-state index contributed by atoms with van der Waals surface area (Å²) in [4.78, 5) is 17.3. The van der Waals surface area contributed by atoms with E-state index in [4.69, 9.17) is 0 Å². The van der Waals surface area contributed by atoms with Crippen LogP contribution in [-0.2, 0) is 10.2 Å². The SMILES string of the molecule is O=C(Nc1cccc(NC2=CCC(O)C=C2)n1)C1(c2ccc(O)c(O)c2)CC1.